The summed E-state index contributed by atoms with van der Waals surface area (Å²) in [6.07, 6.45) is 9.27. The number of nitrogens with zero attached hydrogens (tertiary/aromatic N) is 7. The van der Waals surface area contributed by atoms with Crippen molar-refractivity contribution in [1.29, 1.82) is 0 Å². The van der Waals surface area contributed by atoms with Gasteiger partial charge in [-0.1, -0.05) is 56.5 Å². The van der Waals surface area contributed by atoms with Gasteiger partial charge >= 0.3 is 5.97 Å². The van der Waals surface area contributed by atoms with Gasteiger partial charge in [-0.3, -0.25) is 4.79 Å². The second kappa shape index (κ2) is 9.88. The van der Waals surface area contributed by atoms with Crippen LogP contribution in [0.15, 0.2) is 61.2 Å². The first-order valence-corrected chi connectivity index (χ1v) is 11.7. The molecular weight excluding hydrogens is 444 g/mol. The van der Waals surface area contributed by atoms with E-state index in [4.69, 9.17) is 4.98 Å². The number of carboxylic acid groups (broad SMARTS) is 1. The molecule has 0 aliphatic rings. The van der Waals surface area contributed by atoms with Crippen molar-refractivity contribution in [3.8, 4) is 22.5 Å². The van der Waals surface area contributed by atoms with E-state index in [9.17, 15) is 9.90 Å². The number of hydrogen-bond acceptors (Lipinski definition) is 6. The van der Waals surface area contributed by atoms with Crippen LogP contribution in [0.25, 0.3) is 33.5 Å². The Morgan fingerprint density at radius 1 is 1.11 bits per heavy atom. The fourth-order valence-corrected chi connectivity index (χ4v) is 4.53. The van der Waals surface area contributed by atoms with Crippen molar-refractivity contribution in [2.45, 2.75) is 45.2 Å². The summed E-state index contributed by atoms with van der Waals surface area (Å²) < 4.78 is 3.82. The first kappa shape index (κ1) is 22.5. The Bertz CT molecular complexity index is 1440. The van der Waals surface area contributed by atoms with E-state index < -0.39 is 5.97 Å². The lowest BCUT2D eigenvalue weighted by Crippen LogP contribution is -2.18. The number of H-pyrrole nitrogens is 1. The maximum Gasteiger partial charge on any atom is 0.323 e. The van der Waals surface area contributed by atoms with E-state index in [1.54, 1.807) is 17.0 Å². The normalized spacial score (nSPS) is 12.3. The van der Waals surface area contributed by atoms with Crippen LogP contribution in [0.3, 0.4) is 0 Å². The van der Waals surface area contributed by atoms with Crippen LogP contribution in [0.1, 0.15) is 44.5 Å². The molecule has 2 aromatic carbocycles. The Morgan fingerprint density at radius 3 is 2.74 bits per heavy atom. The van der Waals surface area contributed by atoms with Crippen LogP contribution >= 0.6 is 0 Å². The van der Waals surface area contributed by atoms with Crippen LogP contribution in [-0.2, 0) is 11.3 Å². The monoisotopic (exact) mass is 470 g/mol. The smallest absolute Gasteiger partial charge is 0.323 e. The summed E-state index contributed by atoms with van der Waals surface area (Å²) >= 11 is 0. The van der Waals surface area contributed by atoms with Crippen molar-refractivity contribution >= 4 is 17.0 Å². The Morgan fingerprint density at radius 2 is 1.97 bits per heavy atom. The molecule has 0 radical (unpaired) electrons. The number of fused-ring (bicyclic) bond motifs is 1. The number of nitrogens with one attached hydrogen (secondary N) is 1. The topological polar surface area (TPSA) is 127 Å². The lowest BCUT2D eigenvalue weighted by Gasteiger charge is -2.20. The molecule has 0 aliphatic carbocycles. The minimum Gasteiger partial charge on any atom is -0.480 e. The molecule has 3 heterocycles. The Balaban J connectivity index is 1.55. The fourth-order valence-electron chi connectivity index (χ4n) is 4.53. The molecule has 0 aliphatic heterocycles. The van der Waals surface area contributed by atoms with Gasteiger partial charge in [0, 0.05) is 18.0 Å². The number of aromatic nitrogens is 8. The summed E-state index contributed by atoms with van der Waals surface area (Å²) in [7, 11) is 0. The van der Waals surface area contributed by atoms with Gasteiger partial charge in [0.2, 0.25) is 5.82 Å². The van der Waals surface area contributed by atoms with Crippen LogP contribution in [0.4, 0.5) is 0 Å². The number of imidazole rings is 2. The number of unbranched alkanes of at least 4 members (excludes halogenated alkanes) is 2. The first-order chi connectivity index (χ1) is 17.2. The SMILES string of the molecule is CCCCCC(c1nccn1CC(=O)O)n1cnc2cc(-c3ccccc3-c3nn[nH]n3)ccc21. The van der Waals surface area contributed by atoms with Crippen LogP contribution in [0.5, 0.6) is 0 Å². The largest absolute Gasteiger partial charge is 0.480 e. The van der Waals surface area contributed by atoms with Crippen molar-refractivity contribution in [2.24, 2.45) is 0 Å². The molecule has 35 heavy (non-hydrogen) atoms. The molecule has 0 amide bonds. The molecule has 0 bridgehead atoms. The number of carboxylic acids is 1. The molecule has 1 atom stereocenters. The second-order valence-electron chi connectivity index (χ2n) is 8.45. The summed E-state index contributed by atoms with van der Waals surface area (Å²) in [4.78, 5) is 20.7. The van der Waals surface area contributed by atoms with Crippen LogP contribution < -0.4 is 0 Å². The summed E-state index contributed by atoms with van der Waals surface area (Å²) in [5.41, 5.74) is 4.69. The van der Waals surface area contributed by atoms with Crippen LogP contribution in [0, 0.1) is 0 Å². The molecule has 0 saturated heterocycles. The molecule has 1 unspecified atom stereocenters. The average Bonchev–Trinajstić information content (AvgIpc) is 3.63. The molecule has 5 rings (SSSR count). The van der Waals surface area contributed by atoms with Gasteiger partial charge in [0.25, 0.3) is 0 Å². The standard InChI is InChI=1S/C25H26N8O2/c1-2-3-4-9-22(25-26-12-13-32(25)15-23(34)35)33-16-27-20-14-17(10-11-21(20)33)18-7-5-6-8-19(18)24-28-30-31-29-24/h5-8,10-14,16,22H,2-4,9,15H2,1H3,(H,34,35)(H,28,29,30,31). The number of benzene rings is 2. The van der Waals surface area contributed by atoms with Gasteiger partial charge in [-0.05, 0) is 34.9 Å². The average molecular weight is 471 g/mol. The molecule has 0 spiro atoms. The van der Waals surface area contributed by atoms with Crippen molar-refractivity contribution < 1.29 is 9.90 Å². The predicted molar refractivity (Wildman–Crippen MR) is 130 cm³/mol. The number of aliphatic carboxylic acids is 1. The maximum atomic E-state index is 11.4. The number of tetrazole rings is 1. The highest BCUT2D eigenvalue weighted by atomic mass is 16.4. The molecule has 3 aromatic heterocycles. The Kier molecular flexibility index (Phi) is 6.34. The lowest BCUT2D eigenvalue weighted by molar-refractivity contribution is -0.137. The molecule has 5 aromatic rings. The summed E-state index contributed by atoms with van der Waals surface area (Å²) in [6, 6.07) is 14.0. The van der Waals surface area contributed by atoms with Crippen molar-refractivity contribution in [3.63, 3.8) is 0 Å². The first-order valence-electron chi connectivity index (χ1n) is 11.7. The van der Waals surface area contributed by atoms with Gasteiger partial charge in [0.05, 0.1) is 23.4 Å². The summed E-state index contributed by atoms with van der Waals surface area (Å²) in [5, 5.41) is 23.8. The second-order valence-corrected chi connectivity index (χ2v) is 8.45. The van der Waals surface area contributed by atoms with Gasteiger partial charge in [0.15, 0.2) is 0 Å². The third-order valence-corrected chi connectivity index (χ3v) is 6.17. The number of rotatable bonds is 10. The van der Waals surface area contributed by atoms with Gasteiger partial charge in [-0.2, -0.15) is 5.21 Å². The lowest BCUT2D eigenvalue weighted by atomic mass is 9.99. The zero-order chi connectivity index (χ0) is 24.2. The van der Waals surface area contributed by atoms with Gasteiger partial charge in [-0.25, -0.2) is 9.97 Å². The van der Waals surface area contributed by atoms with Crippen LogP contribution in [-0.4, -0.2) is 50.8 Å². The van der Waals surface area contributed by atoms with Gasteiger partial charge < -0.3 is 14.2 Å². The molecule has 2 N–H and O–H groups in total. The van der Waals surface area contributed by atoms with Crippen LogP contribution in [0.2, 0.25) is 0 Å². The molecule has 0 fully saturated rings. The summed E-state index contributed by atoms with van der Waals surface area (Å²) in [5.74, 6) is 0.374. The Labute approximate surface area is 201 Å². The minimum atomic E-state index is -0.892. The maximum absolute atomic E-state index is 11.4. The number of carbonyl (C=O) groups is 1. The Hall–Kier alpha value is -4.34. The quantitative estimate of drug-likeness (QED) is 0.291. The van der Waals surface area contributed by atoms with E-state index in [1.807, 2.05) is 30.6 Å². The third-order valence-electron chi connectivity index (χ3n) is 6.17. The molecule has 178 valence electrons. The molecule has 0 saturated carbocycles. The number of hydrogen-bond donors (Lipinski definition) is 2. The predicted octanol–water partition coefficient (Wildman–Crippen LogP) is 4.33. The fraction of sp³-hybridized carbons (Fsp3) is 0.280. The highest BCUT2D eigenvalue weighted by Gasteiger charge is 2.22. The highest BCUT2D eigenvalue weighted by Crippen LogP contribution is 2.33. The summed E-state index contributed by atoms with van der Waals surface area (Å²) in [6.45, 7) is 2.05. The van der Waals surface area contributed by atoms with E-state index in [0.29, 0.717) is 5.82 Å². The van der Waals surface area contributed by atoms with E-state index >= 15 is 0 Å². The minimum absolute atomic E-state index is 0.113. The molecule has 10 heteroatoms. The highest BCUT2D eigenvalue weighted by molar-refractivity contribution is 5.87. The van der Waals surface area contributed by atoms with Gasteiger partial charge in [-0.15, -0.1) is 10.2 Å². The van der Waals surface area contributed by atoms with Crippen molar-refractivity contribution in [1.82, 2.24) is 39.7 Å². The van der Waals surface area contributed by atoms with E-state index in [1.165, 1.54) is 0 Å². The van der Waals surface area contributed by atoms with E-state index in [-0.39, 0.29) is 12.6 Å². The number of aromatic amines is 1. The third kappa shape index (κ3) is 4.54. The van der Waals surface area contributed by atoms with Gasteiger partial charge in [0.1, 0.15) is 12.4 Å². The zero-order valence-electron chi connectivity index (χ0n) is 19.4. The molecular formula is C25H26N8O2. The van der Waals surface area contributed by atoms with E-state index in [0.717, 1.165) is 59.2 Å². The van der Waals surface area contributed by atoms with Crippen molar-refractivity contribution in [2.75, 3.05) is 0 Å². The van der Waals surface area contributed by atoms with Crippen molar-refractivity contribution in [3.05, 3.63) is 67.0 Å². The van der Waals surface area contributed by atoms with E-state index in [2.05, 4.69) is 55.3 Å². The zero-order valence-corrected chi connectivity index (χ0v) is 19.4. The molecule has 10 nitrogen and oxygen atoms in total.